The molecule has 108 valence electrons. The second-order valence-corrected chi connectivity index (χ2v) is 7.42. The molecule has 0 radical (unpaired) electrons. The summed E-state index contributed by atoms with van der Waals surface area (Å²) >= 11 is 3.27. The van der Waals surface area contributed by atoms with Crippen LogP contribution >= 0.6 is 15.9 Å². The zero-order valence-corrected chi connectivity index (χ0v) is 13.9. The fourth-order valence-corrected chi connectivity index (χ4v) is 3.82. The number of nitrogens with one attached hydrogen (secondary N) is 1. The lowest BCUT2D eigenvalue weighted by Crippen LogP contribution is -2.49. The van der Waals surface area contributed by atoms with Gasteiger partial charge in [0.1, 0.15) is 0 Å². The summed E-state index contributed by atoms with van der Waals surface area (Å²) in [5, 5.41) is 0. The molecule has 0 aliphatic carbocycles. The molecule has 0 heterocycles. The topological polar surface area (TPSA) is 72.2 Å². The van der Waals surface area contributed by atoms with Crippen molar-refractivity contribution in [2.75, 3.05) is 6.54 Å². The van der Waals surface area contributed by atoms with Crippen molar-refractivity contribution in [2.45, 2.75) is 44.0 Å². The summed E-state index contributed by atoms with van der Waals surface area (Å²) in [5.74, 6) is 0. The standard InChI is InChI=1S/C13H21BrN2O2S/c1-4-13(15,5-2)9-16-19(17,18)12-8-10(3)6-7-11(12)14/h6-8,16H,4-5,9,15H2,1-3H3. The highest BCUT2D eigenvalue weighted by atomic mass is 79.9. The highest BCUT2D eigenvalue weighted by molar-refractivity contribution is 9.10. The molecule has 0 saturated carbocycles. The van der Waals surface area contributed by atoms with Crippen LogP contribution < -0.4 is 10.5 Å². The first-order valence-corrected chi connectivity index (χ1v) is 8.56. The number of aryl methyl sites for hydroxylation is 1. The molecule has 3 N–H and O–H groups in total. The lowest BCUT2D eigenvalue weighted by Gasteiger charge is -2.26. The first-order valence-electron chi connectivity index (χ1n) is 6.29. The van der Waals surface area contributed by atoms with E-state index in [9.17, 15) is 8.42 Å². The summed E-state index contributed by atoms with van der Waals surface area (Å²) in [7, 11) is -3.54. The number of hydrogen-bond donors (Lipinski definition) is 2. The highest BCUT2D eigenvalue weighted by Crippen LogP contribution is 2.23. The van der Waals surface area contributed by atoms with Crippen molar-refractivity contribution >= 4 is 26.0 Å². The third-order valence-corrected chi connectivity index (χ3v) is 5.79. The van der Waals surface area contributed by atoms with Crippen LogP contribution in [0.4, 0.5) is 0 Å². The van der Waals surface area contributed by atoms with Gasteiger partial charge in [-0.15, -0.1) is 0 Å². The fraction of sp³-hybridized carbons (Fsp3) is 0.538. The van der Waals surface area contributed by atoms with Gasteiger partial charge in [0.15, 0.2) is 0 Å². The van der Waals surface area contributed by atoms with Gasteiger partial charge in [-0.3, -0.25) is 0 Å². The number of nitrogens with two attached hydrogens (primary N) is 1. The van der Waals surface area contributed by atoms with Crippen LogP contribution in [0.3, 0.4) is 0 Å². The second-order valence-electron chi connectivity index (χ2n) is 4.83. The van der Waals surface area contributed by atoms with E-state index in [2.05, 4.69) is 20.7 Å². The molecule has 6 heteroatoms. The van der Waals surface area contributed by atoms with E-state index >= 15 is 0 Å². The van der Waals surface area contributed by atoms with Gasteiger partial charge in [0, 0.05) is 16.6 Å². The van der Waals surface area contributed by atoms with Gasteiger partial charge >= 0.3 is 0 Å². The molecule has 0 unspecified atom stereocenters. The summed E-state index contributed by atoms with van der Waals surface area (Å²) in [6.45, 7) is 6.01. The van der Waals surface area contributed by atoms with Crippen LogP contribution in [0.1, 0.15) is 32.3 Å². The van der Waals surface area contributed by atoms with Gasteiger partial charge in [0.2, 0.25) is 10.0 Å². The minimum atomic E-state index is -3.54. The van der Waals surface area contributed by atoms with E-state index in [0.29, 0.717) is 4.47 Å². The summed E-state index contributed by atoms with van der Waals surface area (Å²) < 4.78 is 27.7. The maximum atomic E-state index is 12.3. The predicted molar refractivity (Wildman–Crippen MR) is 81.6 cm³/mol. The smallest absolute Gasteiger partial charge is 0.241 e. The maximum Gasteiger partial charge on any atom is 0.241 e. The Morgan fingerprint density at radius 3 is 2.42 bits per heavy atom. The van der Waals surface area contributed by atoms with Gasteiger partial charge in [-0.25, -0.2) is 13.1 Å². The number of sulfonamides is 1. The van der Waals surface area contributed by atoms with E-state index in [4.69, 9.17) is 5.73 Å². The molecule has 1 aromatic rings. The van der Waals surface area contributed by atoms with E-state index in [-0.39, 0.29) is 11.4 Å². The Bertz CT molecular complexity index is 540. The molecule has 0 fully saturated rings. The van der Waals surface area contributed by atoms with Crippen LogP contribution in [0.5, 0.6) is 0 Å². The molecule has 4 nitrogen and oxygen atoms in total. The van der Waals surface area contributed by atoms with Crippen molar-refractivity contribution in [3.05, 3.63) is 28.2 Å². The Kier molecular flexibility index (Phi) is 5.55. The lowest BCUT2D eigenvalue weighted by molar-refractivity contribution is 0.391. The third-order valence-electron chi connectivity index (χ3n) is 3.40. The molecule has 0 aliphatic rings. The Hall–Kier alpha value is -0.430. The van der Waals surface area contributed by atoms with Crippen molar-refractivity contribution in [1.82, 2.24) is 4.72 Å². The average molecular weight is 349 g/mol. The molecule has 0 aromatic heterocycles. The molecular formula is C13H21BrN2O2S. The van der Waals surface area contributed by atoms with E-state index in [1.54, 1.807) is 12.1 Å². The van der Waals surface area contributed by atoms with E-state index in [1.807, 2.05) is 26.8 Å². The Morgan fingerprint density at radius 2 is 1.89 bits per heavy atom. The predicted octanol–water partition coefficient (Wildman–Crippen LogP) is 2.55. The number of rotatable bonds is 6. The summed E-state index contributed by atoms with van der Waals surface area (Å²) in [5.41, 5.74) is 6.51. The zero-order chi connectivity index (χ0) is 14.7. The van der Waals surface area contributed by atoms with E-state index < -0.39 is 15.6 Å². The lowest BCUT2D eigenvalue weighted by atomic mass is 9.95. The molecule has 0 bridgehead atoms. The van der Waals surface area contributed by atoms with Crippen molar-refractivity contribution < 1.29 is 8.42 Å². The van der Waals surface area contributed by atoms with Crippen molar-refractivity contribution in [1.29, 1.82) is 0 Å². The Labute approximate surface area is 124 Å². The largest absolute Gasteiger partial charge is 0.324 e. The fourth-order valence-electron chi connectivity index (χ4n) is 1.63. The summed E-state index contributed by atoms with van der Waals surface area (Å²) in [4.78, 5) is 0.252. The normalized spacial score (nSPS) is 12.7. The maximum absolute atomic E-state index is 12.3. The van der Waals surface area contributed by atoms with Gasteiger partial charge in [0.25, 0.3) is 0 Å². The SMILES string of the molecule is CCC(N)(CC)CNS(=O)(=O)c1cc(C)ccc1Br. The second kappa shape index (κ2) is 6.35. The molecule has 1 aromatic carbocycles. The first kappa shape index (κ1) is 16.6. The molecule has 1 rings (SSSR count). The first-order chi connectivity index (χ1) is 8.74. The molecule has 0 spiro atoms. The minimum absolute atomic E-state index is 0.239. The number of hydrogen-bond acceptors (Lipinski definition) is 3. The minimum Gasteiger partial charge on any atom is -0.324 e. The zero-order valence-electron chi connectivity index (χ0n) is 11.5. The average Bonchev–Trinajstić information content (AvgIpc) is 2.39. The van der Waals surface area contributed by atoms with Gasteiger partial charge in [-0.2, -0.15) is 0 Å². The number of benzene rings is 1. The van der Waals surface area contributed by atoms with Crippen LogP contribution in [-0.4, -0.2) is 20.5 Å². The van der Waals surface area contributed by atoms with E-state index in [0.717, 1.165) is 18.4 Å². The molecule has 0 atom stereocenters. The highest BCUT2D eigenvalue weighted by Gasteiger charge is 2.25. The van der Waals surface area contributed by atoms with Crippen LogP contribution in [0, 0.1) is 6.92 Å². The van der Waals surface area contributed by atoms with Gasteiger partial charge in [0.05, 0.1) is 4.90 Å². The van der Waals surface area contributed by atoms with Crippen molar-refractivity contribution in [3.63, 3.8) is 0 Å². The van der Waals surface area contributed by atoms with Crippen LogP contribution in [0.2, 0.25) is 0 Å². The Morgan fingerprint density at radius 1 is 1.32 bits per heavy atom. The van der Waals surface area contributed by atoms with Crippen LogP contribution in [0.25, 0.3) is 0 Å². The van der Waals surface area contributed by atoms with Crippen LogP contribution in [0.15, 0.2) is 27.6 Å². The monoisotopic (exact) mass is 348 g/mol. The molecule has 0 amide bonds. The quantitative estimate of drug-likeness (QED) is 0.829. The third kappa shape index (κ3) is 4.27. The Balaban J connectivity index is 2.96. The van der Waals surface area contributed by atoms with E-state index in [1.165, 1.54) is 0 Å². The number of halogens is 1. The molecule has 19 heavy (non-hydrogen) atoms. The van der Waals surface area contributed by atoms with Gasteiger partial charge < -0.3 is 5.73 Å². The van der Waals surface area contributed by atoms with Crippen molar-refractivity contribution in [3.8, 4) is 0 Å². The van der Waals surface area contributed by atoms with Gasteiger partial charge in [-0.1, -0.05) is 19.9 Å². The summed E-state index contributed by atoms with van der Waals surface area (Å²) in [6.07, 6.45) is 1.45. The molecule has 0 aliphatic heterocycles. The van der Waals surface area contributed by atoms with Crippen molar-refractivity contribution in [2.24, 2.45) is 5.73 Å². The van der Waals surface area contributed by atoms with Crippen LogP contribution in [-0.2, 0) is 10.0 Å². The summed E-state index contributed by atoms with van der Waals surface area (Å²) in [6, 6.07) is 5.23. The molecule has 0 saturated heterocycles. The van der Waals surface area contributed by atoms with Gasteiger partial charge in [-0.05, 0) is 53.4 Å². The molecular weight excluding hydrogens is 328 g/mol.